The first-order valence-electron chi connectivity index (χ1n) is 10.3. The molecule has 6 nitrogen and oxygen atoms in total. The number of nitrogens with one attached hydrogen (secondary N) is 2. The molecular formula is C21H37IN4O2. The van der Waals surface area contributed by atoms with Gasteiger partial charge in [-0.2, -0.15) is 0 Å². The van der Waals surface area contributed by atoms with Crippen molar-refractivity contribution < 1.29 is 9.47 Å². The Morgan fingerprint density at radius 3 is 2.71 bits per heavy atom. The maximum absolute atomic E-state index is 5.77. The lowest BCUT2D eigenvalue weighted by Crippen LogP contribution is -2.30. The molecule has 0 unspecified atom stereocenters. The van der Waals surface area contributed by atoms with Gasteiger partial charge >= 0.3 is 0 Å². The van der Waals surface area contributed by atoms with Gasteiger partial charge in [0.15, 0.2) is 5.96 Å². The normalized spacial score (nSPS) is 14.6. The van der Waals surface area contributed by atoms with Crippen LogP contribution in [0.3, 0.4) is 0 Å². The molecule has 2 rings (SSSR count). The van der Waals surface area contributed by atoms with Crippen LogP contribution in [-0.2, 0) is 4.74 Å². The molecule has 1 saturated heterocycles. The molecule has 1 aliphatic rings. The van der Waals surface area contributed by atoms with Gasteiger partial charge in [-0.25, -0.2) is 0 Å². The first kappa shape index (κ1) is 25.0. The predicted octanol–water partition coefficient (Wildman–Crippen LogP) is 3.97. The predicted molar refractivity (Wildman–Crippen MR) is 128 cm³/mol. The molecule has 0 radical (unpaired) electrons. The van der Waals surface area contributed by atoms with Crippen LogP contribution in [0.2, 0.25) is 0 Å². The van der Waals surface area contributed by atoms with Gasteiger partial charge < -0.3 is 25.0 Å². The minimum atomic E-state index is 0. The van der Waals surface area contributed by atoms with Gasteiger partial charge in [0.05, 0.1) is 6.61 Å². The summed E-state index contributed by atoms with van der Waals surface area (Å²) in [4.78, 5) is 7.27. The molecule has 0 aliphatic carbocycles. The Balaban J connectivity index is 0.00000392. The van der Waals surface area contributed by atoms with E-state index < -0.39 is 0 Å². The van der Waals surface area contributed by atoms with E-state index in [0.717, 1.165) is 43.3 Å². The van der Waals surface area contributed by atoms with E-state index >= 15 is 0 Å². The molecule has 0 spiro atoms. The third kappa shape index (κ3) is 10.5. The van der Waals surface area contributed by atoms with Crippen molar-refractivity contribution in [3.05, 3.63) is 24.3 Å². The van der Waals surface area contributed by atoms with Crippen LogP contribution >= 0.6 is 24.0 Å². The average Bonchev–Trinajstić information content (AvgIpc) is 3.19. The van der Waals surface area contributed by atoms with E-state index in [1.165, 1.54) is 38.9 Å². The van der Waals surface area contributed by atoms with Crippen LogP contribution in [0.4, 0.5) is 5.69 Å². The van der Waals surface area contributed by atoms with E-state index in [0.29, 0.717) is 13.2 Å². The molecule has 0 amide bonds. The number of anilines is 1. The van der Waals surface area contributed by atoms with Gasteiger partial charge in [0.2, 0.25) is 0 Å². The fourth-order valence-corrected chi connectivity index (χ4v) is 3.15. The van der Waals surface area contributed by atoms with Crippen molar-refractivity contribution in [2.75, 3.05) is 58.4 Å². The summed E-state index contributed by atoms with van der Waals surface area (Å²) in [6, 6.07) is 8.00. The Bertz CT molecular complexity index is 551. The number of guanidine groups is 1. The molecule has 0 aromatic heterocycles. The third-order valence-corrected chi connectivity index (χ3v) is 4.55. The van der Waals surface area contributed by atoms with E-state index in [1.54, 1.807) is 7.11 Å². The number of ether oxygens (including phenoxy) is 2. The molecule has 0 saturated carbocycles. The van der Waals surface area contributed by atoms with Crippen LogP contribution < -0.4 is 15.4 Å². The van der Waals surface area contributed by atoms with Gasteiger partial charge in [0.1, 0.15) is 5.75 Å². The zero-order chi connectivity index (χ0) is 19.2. The van der Waals surface area contributed by atoms with Gasteiger partial charge in [0, 0.05) is 45.0 Å². The highest BCUT2D eigenvalue weighted by Crippen LogP contribution is 2.17. The molecule has 7 heteroatoms. The molecular weight excluding hydrogens is 467 g/mol. The zero-order valence-corrected chi connectivity index (χ0v) is 19.7. The van der Waals surface area contributed by atoms with Crippen LogP contribution in [0, 0.1) is 0 Å². The number of hydrogen-bond acceptors (Lipinski definition) is 4. The van der Waals surface area contributed by atoms with E-state index in [2.05, 4.69) is 22.5 Å². The molecule has 1 aliphatic heterocycles. The number of methoxy groups -OCH3 is 1. The van der Waals surface area contributed by atoms with Gasteiger partial charge in [-0.3, -0.25) is 4.99 Å². The molecule has 28 heavy (non-hydrogen) atoms. The summed E-state index contributed by atoms with van der Waals surface area (Å²) in [6.45, 7) is 8.90. The SMILES string of the molecule is CCNC(=NCCCCN1CCCC1)Nc1cccc(OCCCOC)c1.I. The molecule has 160 valence electrons. The fourth-order valence-electron chi connectivity index (χ4n) is 3.15. The lowest BCUT2D eigenvalue weighted by Gasteiger charge is -2.14. The van der Waals surface area contributed by atoms with Crippen molar-refractivity contribution in [3.63, 3.8) is 0 Å². The lowest BCUT2D eigenvalue weighted by molar-refractivity contribution is 0.172. The number of hydrogen-bond donors (Lipinski definition) is 2. The van der Waals surface area contributed by atoms with Crippen LogP contribution in [0.15, 0.2) is 29.3 Å². The molecule has 2 N–H and O–H groups in total. The summed E-state index contributed by atoms with van der Waals surface area (Å²) >= 11 is 0. The van der Waals surface area contributed by atoms with Crippen LogP contribution in [0.5, 0.6) is 5.75 Å². The van der Waals surface area contributed by atoms with E-state index in [1.807, 2.05) is 24.3 Å². The topological polar surface area (TPSA) is 58.1 Å². The second-order valence-corrected chi connectivity index (χ2v) is 6.86. The second kappa shape index (κ2) is 15.8. The Kier molecular flexibility index (Phi) is 14.1. The van der Waals surface area contributed by atoms with Crippen LogP contribution in [0.25, 0.3) is 0 Å². The minimum absolute atomic E-state index is 0. The lowest BCUT2D eigenvalue weighted by atomic mass is 10.3. The summed E-state index contributed by atoms with van der Waals surface area (Å²) in [7, 11) is 1.71. The average molecular weight is 504 g/mol. The van der Waals surface area contributed by atoms with E-state index in [9.17, 15) is 0 Å². The summed E-state index contributed by atoms with van der Waals surface area (Å²) in [6.07, 6.45) is 5.95. The highest BCUT2D eigenvalue weighted by atomic mass is 127. The highest BCUT2D eigenvalue weighted by molar-refractivity contribution is 14.0. The Morgan fingerprint density at radius 2 is 1.96 bits per heavy atom. The number of nitrogens with zero attached hydrogens (tertiary/aromatic N) is 2. The number of likely N-dealkylation sites (tertiary alicyclic amines) is 1. The largest absolute Gasteiger partial charge is 0.493 e. The molecule has 0 bridgehead atoms. The summed E-state index contributed by atoms with van der Waals surface area (Å²) < 4.78 is 10.8. The molecule has 1 aromatic rings. The monoisotopic (exact) mass is 504 g/mol. The Morgan fingerprint density at radius 1 is 1.14 bits per heavy atom. The maximum Gasteiger partial charge on any atom is 0.195 e. The van der Waals surface area contributed by atoms with Crippen molar-refractivity contribution in [2.45, 2.75) is 39.0 Å². The van der Waals surface area contributed by atoms with Crippen LogP contribution in [-0.4, -0.2) is 63.9 Å². The van der Waals surface area contributed by atoms with E-state index in [-0.39, 0.29) is 24.0 Å². The molecule has 1 heterocycles. The molecule has 1 fully saturated rings. The zero-order valence-electron chi connectivity index (χ0n) is 17.4. The number of aliphatic imine (C=N–C) groups is 1. The van der Waals surface area contributed by atoms with Gasteiger partial charge in [-0.05, 0) is 64.4 Å². The number of benzene rings is 1. The van der Waals surface area contributed by atoms with Crippen LogP contribution in [0.1, 0.15) is 39.0 Å². The quantitative estimate of drug-likeness (QED) is 0.195. The van der Waals surface area contributed by atoms with Crippen molar-refractivity contribution in [1.82, 2.24) is 10.2 Å². The van der Waals surface area contributed by atoms with Crippen molar-refractivity contribution in [1.29, 1.82) is 0 Å². The molecule has 0 atom stereocenters. The summed E-state index contributed by atoms with van der Waals surface area (Å²) in [5.41, 5.74) is 0.982. The smallest absolute Gasteiger partial charge is 0.195 e. The Labute approximate surface area is 187 Å². The fraction of sp³-hybridized carbons (Fsp3) is 0.667. The number of rotatable bonds is 12. The summed E-state index contributed by atoms with van der Waals surface area (Å²) in [5.74, 6) is 1.69. The maximum atomic E-state index is 5.77. The van der Waals surface area contributed by atoms with Crippen molar-refractivity contribution >= 4 is 35.6 Å². The van der Waals surface area contributed by atoms with Crippen molar-refractivity contribution in [2.24, 2.45) is 4.99 Å². The number of halogens is 1. The van der Waals surface area contributed by atoms with Gasteiger partial charge in [-0.1, -0.05) is 6.07 Å². The van der Waals surface area contributed by atoms with E-state index in [4.69, 9.17) is 14.5 Å². The third-order valence-electron chi connectivity index (χ3n) is 4.55. The Hall–Kier alpha value is -1.06. The van der Waals surface area contributed by atoms with Gasteiger partial charge in [0.25, 0.3) is 0 Å². The van der Waals surface area contributed by atoms with Gasteiger partial charge in [-0.15, -0.1) is 24.0 Å². The first-order valence-corrected chi connectivity index (χ1v) is 10.3. The minimum Gasteiger partial charge on any atom is -0.493 e. The first-order chi connectivity index (χ1) is 13.3. The summed E-state index contributed by atoms with van der Waals surface area (Å²) in [5, 5.41) is 6.69. The van der Waals surface area contributed by atoms with Crippen molar-refractivity contribution in [3.8, 4) is 5.75 Å². The number of unbranched alkanes of at least 4 members (excludes halogenated alkanes) is 1. The highest BCUT2D eigenvalue weighted by Gasteiger charge is 2.10. The second-order valence-electron chi connectivity index (χ2n) is 6.86. The molecule has 1 aromatic carbocycles. The standard InChI is InChI=1S/C21H36N4O2.HI/c1-3-22-21(23-12-4-5-13-25-14-6-7-15-25)24-19-10-8-11-20(18-19)27-17-9-16-26-2;/h8,10-11,18H,3-7,9,12-17H2,1-2H3,(H2,22,23,24);1H.